The van der Waals surface area contributed by atoms with Gasteiger partial charge in [0, 0.05) is 23.5 Å². The van der Waals surface area contributed by atoms with E-state index in [0.717, 1.165) is 0 Å². The Bertz CT molecular complexity index is 874. The topological polar surface area (TPSA) is 145 Å². The number of hydrogen-bond donors (Lipinski definition) is 4. The number of anilines is 4. The molecule has 0 bridgehead atoms. The van der Waals surface area contributed by atoms with E-state index in [9.17, 15) is 0 Å². The maximum Gasteiger partial charge on any atom is 0.226 e. The van der Waals surface area contributed by atoms with Crippen LogP contribution in [0.3, 0.4) is 0 Å². The van der Waals surface area contributed by atoms with Gasteiger partial charge in [-0.2, -0.15) is 4.98 Å². The average Bonchev–Trinajstić information content (AvgIpc) is 2.60. The Balaban J connectivity index is 1.91. The van der Waals surface area contributed by atoms with Crippen LogP contribution in [0.1, 0.15) is 0 Å². The minimum atomic E-state index is 0.241. The van der Waals surface area contributed by atoms with Crippen molar-refractivity contribution in [3.05, 3.63) is 48.5 Å². The molecule has 1 aromatic heterocycles. The second kappa shape index (κ2) is 6.98. The normalized spacial score (nSPS) is 10.3. The fraction of sp³-hybridized carbons (Fsp3) is 0.0556. The van der Waals surface area contributed by atoms with Crippen LogP contribution in [0, 0.1) is 0 Å². The molecule has 0 radical (unpaired) electrons. The van der Waals surface area contributed by atoms with Gasteiger partial charge in [-0.05, 0) is 36.4 Å². The quantitative estimate of drug-likeness (QED) is 0.512. The van der Waals surface area contributed by atoms with E-state index in [2.05, 4.69) is 4.98 Å². The van der Waals surface area contributed by atoms with Crippen LogP contribution >= 0.6 is 0 Å². The van der Waals surface area contributed by atoms with Crippen molar-refractivity contribution in [3.8, 4) is 29.0 Å². The Morgan fingerprint density at radius 3 is 1.54 bits per heavy atom. The highest BCUT2D eigenvalue weighted by Gasteiger charge is 2.11. The highest BCUT2D eigenvalue weighted by Crippen LogP contribution is 2.34. The van der Waals surface area contributed by atoms with Crippen molar-refractivity contribution in [2.24, 2.45) is 0 Å². The van der Waals surface area contributed by atoms with E-state index in [1.54, 1.807) is 48.5 Å². The highest BCUT2D eigenvalue weighted by molar-refractivity contribution is 5.62. The SMILES string of the molecule is COc1cc(Oc2ccc(N)cc2N)nc(Oc2ccc(N)cc2N)c1. The number of ether oxygens (including phenoxy) is 3. The monoisotopic (exact) mass is 353 g/mol. The zero-order chi connectivity index (χ0) is 18.7. The zero-order valence-corrected chi connectivity index (χ0v) is 14.1. The number of aromatic nitrogens is 1. The number of rotatable bonds is 5. The number of pyridine rings is 1. The molecular weight excluding hydrogens is 334 g/mol. The molecule has 0 saturated carbocycles. The number of nitrogens with zero attached hydrogens (tertiary/aromatic N) is 1. The molecule has 8 N–H and O–H groups in total. The summed E-state index contributed by atoms with van der Waals surface area (Å²) in [6, 6.07) is 13.1. The summed E-state index contributed by atoms with van der Waals surface area (Å²) in [7, 11) is 1.53. The molecule has 3 aromatic rings. The molecule has 8 heteroatoms. The minimum absolute atomic E-state index is 0.241. The predicted molar refractivity (Wildman–Crippen MR) is 101 cm³/mol. The largest absolute Gasteiger partial charge is 0.496 e. The third-order valence-corrected chi connectivity index (χ3v) is 3.48. The summed E-state index contributed by atoms with van der Waals surface area (Å²) in [5.41, 5.74) is 25.1. The lowest BCUT2D eigenvalue weighted by molar-refractivity contribution is 0.390. The van der Waals surface area contributed by atoms with Crippen LogP contribution in [0.5, 0.6) is 29.0 Å². The summed E-state index contributed by atoms with van der Waals surface area (Å²) >= 11 is 0. The maximum atomic E-state index is 5.91. The molecule has 0 aliphatic rings. The molecule has 0 unspecified atom stereocenters. The molecule has 26 heavy (non-hydrogen) atoms. The molecule has 1 heterocycles. The summed E-state index contributed by atoms with van der Waals surface area (Å²) in [4.78, 5) is 4.30. The van der Waals surface area contributed by atoms with Gasteiger partial charge in [0.25, 0.3) is 0 Å². The molecular formula is C18H19N5O3. The van der Waals surface area contributed by atoms with E-state index >= 15 is 0 Å². The van der Waals surface area contributed by atoms with Crippen LogP contribution in [0.2, 0.25) is 0 Å². The van der Waals surface area contributed by atoms with E-state index in [4.69, 9.17) is 37.1 Å². The third-order valence-electron chi connectivity index (χ3n) is 3.48. The lowest BCUT2D eigenvalue weighted by Crippen LogP contribution is -1.99. The van der Waals surface area contributed by atoms with Gasteiger partial charge in [0.2, 0.25) is 11.8 Å². The van der Waals surface area contributed by atoms with Gasteiger partial charge in [-0.3, -0.25) is 0 Å². The molecule has 2 aromatic carbocycles. The van der Waals surface area contributed by atoms with Gasteiger partial charge in [0.05, 0.1) is 18.5 Å². The van der Waals surface area contributed by atoms with E-state index in [1.165, 1.54) is 7.11 Å². The first-order valence-electron chi connectivity index (χ1n) is 7.66. The molecule has 0 amide bonds. The molecule has 0 aliphatic heterocycles. The van der Waals surface area contributed by atoms with E-state index in [1.807, 2.05) is 0 Å². The maximum absolute atomic E-state index is 5.91. The van der Waals surface area contributed by atoms with Crippen LogP contribution in [0.4, 0.5) is 22.7 Å². The van der Waals surface area contributed by atoms with E-state index < -0.39 is 0 Å². The predicted octanol–water partition coefficient (Wildman–Crippen LogP) is 3.00. The summed E-state index contributed by atoms with van der Waals surface area (Å²) in [6.07, 6.45) is 0. The van der Waals surface area contributed by atoms with Crippen molar-refractivity contribution < 1.29 is 14.2 Å². The van der Waals surface area contributed by atoms with Gasteiger partial charge < -0.3 is 37.1 Å². The molecule has 0 atom stereocenters. The fourth-order valence-electron chi connectivity index (χ4n) is 2.23. The molecule has 0 aliphatic carbocycles. The Labute approximate surface area is 150 Å². The summed E-state index contributed by atoms with van der Waals surface area (Å²) < 4.78 is 16.7. The van der Waals surface area contributed by atoms with E-state index in [-0.39, 0.29) is 11.8 Å². The summed E-state index contributed by atoms with van der Waals surface area (Å²) in [5.74, 6) is 1.80. The highest BCUT2D eigenvalue weighted by atomic mass is 16.5. The number of hydrogen-bond acceptors (Lipinski definition) is 8. The van der Waals surface area contributed by atoms with Gasteiger partial charge in [-0.1, -0.05) is 0 Å². The Kier molecular flexibility index (Phi) is 4.57. The molecule has 0 fully saturated rings. The first kappa shape index (κ1) is 17.0. The van der Waals surface area contributed by atoms with Crippen molar-refractivity contribution in [2.45, 2.75) is 0 Å². The van der Waals surface area contributed by atoms with E-state index in [0.29, 0.717) is 40.0 Å². The smallest absolute Gasteiger partial charge is 0.226 e. The van der Waals surface area contributed by atoms with Crippen molar-refractivity contribution in [1.82, 2.24) is 4.98 Å². The Hall–Kier alpha value is -3.81. The van der Waals surface area contributed by atoms with Crippen LogP contribution in [-0.2, 0) is 0 Å². The van der Waals surface area contributed by atoms with Crippen LogP contribution in [-0.4, -0.2) is 12.1 Å². The standard InChI is InChI=1S/C18H19N5O3/c1-24-12-8-17(25-15-4-2-10(19)6-13(15)21)23-18(9-12)26-16-5-3-11(20)7-14(16)22/h2-9H,19-22H2,1H3. The molecule has 0 saturated heterocycles. The lowest BCUT2D eigenvalue weighted by Gasteiger charge is -2.12. The van der Waals surface area contributed by atoms with Gasteiger partial charge in [-0.25, -0.2) is 0 Å². The van der Waals surface area contributed by atoms with Crippen molar-refractivity contribution in [1.29, 1.82) is 0 Å². The second-order valence-corrected chi connectivity index (χ2v) is 5.48. The zero-order valence-electron chi connectivity index (χ0n) is 14.1. The Morgan fingerprint density at radius 2 is 1.15 bits per heavy atom. The minimum Gasteiger partial charge on any atom is -0.496 e. The van der Waals surface area contributed by atoms with Gasteiger partial charge in [0.15, 0.2) is 11.5 Å². The molecule has 3 rings (SSSR count). The van der Waals surface area contributed by atoms with Crippen molar-refractivity contribution in [2.75, 3.05) is 30.0 Å². The van der Waals surface area contributed by atoms with Gasteiger partial charge in [0.1, 0.15) is 5.75 Å². The number of methoxy groups -OCH3 is 1. The van der Waals surface area contributed by atoms with Gasteiger partial charge >= 0.3 is 0 Å². The van der Waals surface area contributed by atoms with Crippen LogP contribution < -0.4 is 37.1 Å². The van der Waals surface area contributed by atoms with Crippen LogP contribution in [0.15, 0.2) is 48.5 Å². The fourth-order valence-corrected chi connectivity index (χ4v) is 2.23. The summed E-state index contributed by atoms with van der Waals surface area (Å²) in [5, 5.41) is 0. The first-order chi connectivity index (χ1) is 12.4. The van der Waals surface area contributed by atoms with Crippen LogP contribution in [0.25, 0.3) is 0 Å². The first-order valence-corrected chi connectivity index (χ1v) is 7.66. The molecule has 0 spiro atoms. The molecule has 8 nitrogen and oxygen atoms in total. The summed E-state index contributed by atoms with van der Waals surface area (Å²) in [6.45, 7) is 0. The van der Waals surface area contributed by atoms with Gasteiger partial charge in [-0.15, -0.1) is 0 Å². The lowest BCUT2D eigenvalue weighted by atomic mass is 10.2. The number of benzene rings is 2. The number of nitrogen functional groups attached to an aromatic ring is 4. The molecule has 134 valence electrons. The third kappa shape index (κ3) is 3.81. The average molecular weight is 353 g/mol. The Morgan fingerprint density at radius 1 is 0.692 bits per heavy atom. The second-order valence-electron chi connectivity index (χ2n) is 5.48. The number of nitrogens with two attached hydrogens (primary N) is 4. The van der Waals surface area contributed by atoms with Crippen molar-refractivity contribution >= 4 is 22.7 Å². The van der Waals surface area contributed by atoms with Crippen molar-refractivity contribution in [3.63, 3.8) is 0 Å².